The molecule has 1 N–H and O–H groups in total. The van der Waals surface area contributed by atoms with Gasteiger partial charge in [-0.25, -0.2) is 4.79 Å². The maximum Gasteiger partial charge on any atom is 0.333 e. The second kappa shape index (κ2) is 11.2. The molecule has 1 atom stereocenters. The highest BCUT2D eigenvalue weighted by Crippen LogP contribution is 2.26. The number of benzene rings is 2. The number of carbonyl (C=O) groups is 2. The Labute approximate surface area is 217 Å². The molecule has 0 aliphatic rings. The summed E-state index contributed by atoms with van der Waals surface area (Å²) in [6.45, 7) is 11.5. The summed E-state index contributed by atoms with van der Waals surface area (Å²) in [4.78, 5) is 38.3. The Bertz CT molecular complexity index is 1280. The summed E-state index contributed by atoms with van der Waals surface area (Å²) in [6, 6.07) is 11.5. The molecule has 0 fully saturated rings. The number of rotatable bonds is 9. The van der Waals surface area contributed by atoms with Crippen molar-refractivity contribution in [2.75, 3.05) is 0 Å². The molecule has 0 saturated heterocycles. The van der Waals surface area contributed by atoms with E-state index in [0.29, 0.717) is 29.2 Å². The van der Waals surface area contributed by atoms with Crippen molar-refractivity contribution in [3.63, 3.8) is 0 Å². The van der Waals surface area contributed by atoms with Crippen LogP contribution in [0.5, 0.6) is 5.75 Å². The van der Waals surface area contributed by atoms with Crippen molar-refractivity contribution >= 4 is 23.3 Å². The molecular weight excluding hydrogens is 478 g/mol. The van der Waals surface area contributed by atoms with Crippen LogP contribution in [0.3, 0.4) is 0 Å². The number of ether oxygens (including phenoxy) is 1. The van der Waals surface area contributed by atoms with Crippen molar-refractivity contribution in [2.24, 2.45) is 0 Å². The first-order chi connectivity index (χ1) is 16.9. The SMILES string of the molecule is CCC(=O)C(Cc1ccc(-n2ccn(C(C)(C)C)c2=O)cc1)NC(=O)c1ccc(OC(C)C)c(Cl)c1. The van der Waals surface area contributed by atoms with E-state index < -0.39 is 6.04 Å². The van der Waals surface area contributed by atoms with E-state index in [1.807, 2.05) is 58.9 Å². The van der Waals surface area contributed by atoms with Crippen LogP contribution < -0.4 is 15.7 Å². The van der Waals surface area contributed by atoms with E-state index in [1.165, 1.54) is 0 Å². The van der Waals surface area contributed by atoms with Gasteiger partial charge in [0, 0.05) is 29.9 Å². The smallest absolute Gasteiger partial charge is 0.333 e. The first kappa shape index (κ1) is 27.3. The summed E-state index contributed by atoms with van der Waals surface area (Å²) in [6.07, 6.45) is 4.10. The van der Waals surface area contributed by atoms with Gasteiger partial charge in [-0.2, -0.15) is 0 Å². The number of carbonyl (C=O) groups excluding carboxylic acids is 2. The fourth-order valence-corrected chi connectivity index (χ4v) is 4.06. The molecule has 1 unspecified atom stereocenters. The molecule has 3 aromatic rings. The van der Waals surface area contributed by atoms with Crippen LogP contribution in [0.25, 0.3) is 5.69 Å². The molecule has 0 aliphatic heterocycles. The van der Waals surface area contributed by atoms with Crippen LogP contribution in [0.4, 0.5) is 0 Å². The number of halogens is 1. The largest absolute Gasteiger partial charge is 0.489 e. The number of nitrogens with one attached hydrogen (secondary N) is 1. The minimum Gasteiger partial charge on any atom is -0.489 e. The van der Waals surface area contributed by atoms with Gasteiger partial charge >= 0.3 is 5.69 Å². The molecule has 2 aromatic carbocycles. The number of hydrogen-bond donors (Lipinski definition) is 1. The highest BCUT2D eigenvalue weighted by atomic mass is 35.5. The molecule has 36 heavy (non-hydrogen) atoms. The number of hydrogen-bond acceptors (Lipinski definition) is 4. The van der Waals surface area contributed by atoms with E-state index >= 15 is 0 Å². The molecule has 3 rings (SSSR count). The third kappa shape index (κ3) is 6.46. The van der Waals surface area contributed by atoms with Crippen molar-refractivity contribution < 1.29 is 14.3 Å². The van der Waals surface area contributed by atoms with Gasteiger partial charge in [0.05, 0.1) is 22.9 Å². The van der Waals surface area contributed by atoms with Gasteiger partial charge in [-0.3, -0.25) is 18.7 Å². The van der Waals surface area contributed by atoms with Crippen molar-refractivity contribution in [3.8, 4) is 11.4 Å². The van der Waals surface area contributed by atoms with Gasteiger partial charge in [0.2, 0.25) is 0 Å². The van der Waals surface area contributed by atoms with Gasteiger partial charge in [-0.15, -0.1) is 0 Å². The monoisotopic (exact) mass is 511 g/mol. The lowest BCUT2D eigenvalue weighted by Crippen LogP contribution is -2.42. The van der Waals surface area contributed by atoms with Crippen LogP contribution in [-0.2, 0) is 16.8 Å². The first-order valence-corrected chi connectivity index (χ1v) is 12.5. The predicted molar refractivity (Wildman–Crippen MR) is 142 cm³/mol. The number of Topliss-reactive ketones (excluding diaryl/α,β-unsaturated/α-hetero) is 1. The summed E-state index contributed by atoms with van der Waals surface area (Å²) in [7, 11) is 0. The number of amides is 1. The van der Waals surface area contributed by atoms with Crippen LogP contribution in [0.1, 0.15) is 63.9 Å². The predicted octanol–water partition coefficient (Wildman–Crippen LogP) is 5.15. The zero-order valence-electron chi connectivity index (χ0n) is 21.7. The lowest BCUT2D eigenvalue weighted by atomic mass is 10.00. The average Bonchev–Trinajstić information content (AvgIpc) is 3.21. The summed E-state index contributed by atoms with van der Waals surface area (Å²) >= 11 is 6.28. The maximum atomic E-state index is 12.9. The highest BCUT2D eigenvalue weighted by Gasteiger charge is 2.22. The molecule has 1 amide bonds. The Kier molecular flexibility index (Phi) is 8.46. The van der Waals surface area contributed by atoms with Crippen molar-refractivity contribution in [1.82, 2.24) is 14.5 Å². The third-order valence-electron chi connectivity index (χ3n) is 5.75. The molecular formula is C28H34ClN3O4. The second-order valence-corrected chi connectivity index (χ2v) is 10.4. The molecule has 0 bridgehead atoms. The maximum absolute atomic E-state index is 12.9. The molecule has 0 aliphatic carbocycles. The topological polar surface area (TPSA) is 82.3 Å². The third-order valence-corrected chi connectivity index (χ3v) is 6.05. The van der Waals surface area contributed by atoms with Gasteiger partial charge < -0.3 is 10.1 Å². The molecule has 192 valence electrons. The van der Waals surface area contributed by atoms with Gasteiger partial charge in [0.25, 0.3) is 5.91 Å². The van der Waals surface area contributed by atoms with Crippen LogP contribution in [0.2, 0.25) is 5.02 Å². The molecule has 0 spiro atoms. The zero-order chi connectivity index (χ0) is 26.6. The summed E-state index contributed by atoms with van der Waals surface area (Å²) < 4.78 is 8.89. The number of nitrogens with zero attached hydrogens (tertiary/aromatic N) is 2. The first-order valence-electron chi connectivity index (χ1n) is 12.1. The Morgan fingerprint density at radius 1 is 1.06 bits per heavy atom. The number of aromatic nitrogens is 2. The average molecular weight is 512 g/mol. The standard InChI is InChI=1S/C28H34ClN3O4/c1-7-24(33)23(30-26(34)20-10-13-25(22(29)17-20)36-18(2)3)16-19-8-11-21(12-9-19)31-14-15-32(27(31)35)28(4,5)6/h8-15,17-18,23H,7,16H2,1-6H3,(H,30,34). The van der Waals surface area contributed by atoms with E-state index in [1.54, 1.807) is 46.7 Å². The van der Waals surface area contributed by atoms with Crippen LogP contribution in [0, 0.1) is 0 Å². The second-order valence-electron chi connectivity index (χ2n) is 10.0. The van der Waals surface area contributed by atoms with E-state index in [4.69, 9.17) is 16.3 Å². The fourth-order valence-electron chi connectivity index (χ4n) is 3.84. The minimum atomic E-state index is -0.691. The van der Waals surface area contributed by atoms with E-state index in [9.17, 15) is 14.4 Å². The number of ketones is 1. The normalized spacial score (nSPS) is 12.4. The summed E-state index contributed by atoms with van der Waals surface area (Å²) in [5, 5.41) is 3.18. The molecule has 0 saturated carbocycles. The van der Waals surface area contributed by atoms with Gasteiger partial charge in [0.1, 0.15) is 5.75 Å². The van der Waals surface area contributed by atoms with Crippen LogP contribution in [0.15, 0.2) is 59.7 Å². The van der Waals surface area contributed by atoms with E-state index in [0.717, 1.165) is 11.3 Å². The van der Waals surface area contributed by atoms with E-state index in [2.05, 4.69) is 5.32 Å². The van der Waals surface area contributed by atoms with E-state index in [-0.39, 0.29) is 29.0 Å². The molecule has 1 heterocycles. The van der Waals surface area contributed by atoms with Crippen molar-refractivity contribution in [2.45, 2.75) is 72.1 Å². The Morgan fingerprint density at radius 2 is 1.72 bits per heavy atom. The Hall–Kier alpha value is -3.32. The molecule has 0 radical (unpaired) electrons. The molecule has 1 aromatic heterocycles. The van der Waals surface area contributed by atoms with Crippen molar-refractivity contribution in [1.29, 1.82) is 0 Å². The Balaban J connectivity index is 1.76. The van der Waals surface area contributed by atoms with Gasteiger partial charge in [0.15, 0.2) is 5.78 Å². The minimum absolute atomic E-state index is 0.0443. The highest BCUT2D eigenvalue weighted by molar-refractivity contribution is 6.32. The summed E-state index contributed by atoms with van der Waals surface area (Å²) in [5.74, 6) is 0.0460. The van der Waals surface area contributed by atoms with Gasteiger partial charge in [-0.05, 0) is 76.9 Å². The molecule has 7 nitrogen and oxygen atoms in total. The lowest BCUT2D eigenvalue weighted by Gasteiger charge is -2.19. The molecule has 8 heteroatoms. The van der Waals surface area contributed by atoms with Crippen LogP contribution >= 0.6 is 11.6 Å². The van der Waals surface area contributed by atoms with Crippen molar-refractivity contribution in [3.05, 3.63) is 81.5 Å². The lowest BCUT2D eigenvalue weighted by molar-refractivity contribution is -0.120. The quantitative estimate of drug-likeness (QED) is 0.430. The summed E-state index contributed by atoms with van der Waals surface area (Å²) in [5.41, 5.74) is 1.51. The fraction of sp³-hybridized carbons (Fsp3) is 0.393. The zero-order valence-corrected chi connectivity index (χ0v) is 22.4. The Morgan fingerprint density at radius 3 is 2.25 bits per heavy atom. The van der Waals surface area contributed by atoms with Gasteiger partial charge in [-0.1, -0.05) is 30.7 Å². The number of imidazole rings is 1. The van der Waals surface area contributed by atoms with Crippen LogP contribution in [-0.4, -0.2) is 33.0 Å².